The Hall–Kier alpha value is -1.15. The monoisotopic (exact) mass is 393 g/mol. The van der Waals surface area contributed by atoms with E-state index in [4.69, 9.17) is 21.5 Å². The molecule has 2 aromatic rings. The van der Waals surface area contributed by atoms with Crippen LogP contribution in [-0.2, 0) is 16.6 Å². The summed E-state index contributed by atoms with van der Waals surface area (Å²) in [6, 6.07) is 8.38. The first-order valence-electron chi connectivity index (χ1n) is 5.67. The van der Waals surface area contributed by atoms with Gasteiger partial charge < -0.3 is 4.74 Å². The van der Waals surface area contributed by atoms with Crippen molar-refractivity contribution < 1.29 is 17.5 Å². The van der Waals surface area contributed by atoms with E-state index < -0.39 is 15.8 Å². The van der Waals surface area contributed by atoms with Gasteiger partial charge in [0.15, 0.2) is 0 Å². The third-order valence-corrected chi connectivity index (χ3v) is 4.55. The van der Waals surface area contributed by atoms with Crippen molar-refractivity contribution in [3.05, 3.63) is 57.3 Å². The highest BCUT2D eigenvalue weighted by Crippen LogP contribution is 2.29. The Labute approximate surface area is 134 Å². The quantitative estimate of drug-likeness (QED) is 0.863. The zero-order valence-electron chi connectivity index (χ0n) is 10.5. The first-order valence-corrected chi connectivity index (χ1v) is 8.39. The zero-order valence-corrected chi connectivity index (χ0v) is 13.7. The molecule has 2 N–H and O–H groups in total. The molecule has 4 nitrogen and oxygen atoms in total. The zero-order chi connectivity index (χ0) is 15.6. The summed E-state index contributed by atoms with van der Waals surface area (Å²) < 4.78 is 41.9. The van der Waals surface area contributed by atoms with Gasteiger partial charge in [0.25, 0.3) is 0 Å². The van der Waals surface area contributed by atoms with E-state index in [0.717, 1.165) is 0 Å². The van der Waals surface area contributed by atoms with Crippen molar-refractivity contribution in [2.24, 2.45) is 5.14 Å². The Bertz CT molecular complexity index is 763. The van der Waals surface area contributed by atoms with E-state index >= 15 is 0 Å². The fraction of sp³-hybridized carbons (Fsp3) is 0.0769. The maximum atomic E-state index is 13.6. The molecule has 0 aliphatic carbocycles. The van der Waals surface area contributed by atoms with Gasteiger partial charge in [-0.25, -0.2) is 17.9 Å². The lowest BCUT2D eigenvalue weighted by atomic mass is 10.2. The second-order valence-corrected chi connectivity index (χ2v) is 6.95. The molecule has 2 aromatic carbocycles. The van der Waals surface area contributed by atoms with Crippen molar-refractivity contribution in [2.45, 2.75) is 11.5 Å². The minimum absolute atomic E-state index is 0.0503. The number of sulfonamides is 1. The maximum Gasteiger partial charge on any atom is 0.238 e. The average molecular weight is 395 g/mol. The van der Waals surface area contributed by atoms with Gasteiger partial charge in [-0.1, -0.05) is 17.7 Å². The summed E-state index contributed by atoms with van der Waals surface area (Å²) in [6.45, 7) is -0.0845. The normalized spacial score (nSPS) is 11.4. The van der Waals surface area contributed by atoms with Gasteiger partial charge in [-0.05, 0) is 46.3 Å². The molecular weight excluding hydrogens is 385 g/mol. The molecule has 8 heteroatoms. The van der Waals surface area contributed by atoms with E-state index in [-0.39, 0.29) is 22.1 Å². The minimum Gasteiger partial charge on any atom is -0.488 e. The number of ether oxygens (including phenoxy) is 1. The number of halogens is 3. The largest absolute Gasteiger partial charge is 0.488 e. The highest BCUT2D eigenvalue weighted by atomic mass is 79.9. The molecule has 0 saturated carbocycles. The van der Waals surface area contributed by atoms with Gasteiger partial charge >= 0.3 is 0 Å². The Morgan fingerprint density at radius 1 is 1.29 bits per heavy atom. The second kappa shape index (κ2) is 6.31. The summed E-state index contributed by atoms with van der Waals surface area (Å²) in [7, 11) is -3.79. The SMILES string of the molecule is NS(=O)(=O)c1ccc(OCc2c(F)cccc2Cl)c(Br)c1. The van der Waals surface area contributed by atoms with Crippen LogP contribution >= 0.6 is 27.5 Å². The van der Waals surface area contributed by atoms with Gasteiger partial charge in [-0.3, -0.25) is 0 Å². The molecule has 0 heterocycles. The molecule has 0 atom stereocenters. The predicted octanol–water partition coefficient (Wildman–Crippen LogP) is 3.47. The third-order valence-electron chi connectivity index (χ3n) is 2.67. The molecule has 112 valence electrons. The first kappa shape index (κ1) is 16.2. The smallest absolute Gasteiger partial charge is 0.238 e. The summed E-state index contributed by atoms with van der Waals surface area (Å²) >= 11 is 9.07. The van der Waals surface area contributed by atoms with Gasteiger partial charge in [0.1, 0.15) is 18.2 Å². The highest BCUT2D eigenvalue weighted by molar-refractivity contribution is 9.10. The van der Waals surface area contributed by atoms with Crippen LogP contribution in [0.3, 0.4) is 0 Å². The molecule has 0 spiro atoms. The molecule has 0 aromatic heterocycles. The third kappa shape index (κ3) is 3.94. The van der Waals surface area contributed by atoms with Crippen molar-refractivity contribution in [1.29, 1.82) is 0 Å². The number of rotatable bonds is 4. The molecule has 0 aliphatic rings. The first-order chi connectivity index (χ1) is 9.79. The van der Waals surface area contributed by atoms with E-state index in [0.29, 0.717) is 10.2 Å². The van der Waals surface area contributed by atoms with Gasteiger partial charge in [-0.2, -0.15) is 0 Å². The topological polar surface area (TPSA) is 69.4 Å². The van der Waals surface area contributed by atoms with Gasteiger partial charge in [0, 0.05) is 5.56 Å². The fourth-order valence-corrected chi connectivity index (χ4v) is 3.00. The molecule has 2 rings (SSSR count). The minimum atomic E-state index is -3.79. The summed E-state index contributed by atoms with van der Waals surface area (Å²) in [4.78, 5) is -0.0503. The lowest BCUT2D eigenvalue weighted by Gasteiger charge is -2.11. The van der Waals surface area contributed by atoms with E-state index in [1.54, 1.807) is 6.07 Å². The van der Waals surface area contributed by atoms with Crippen molar-refractivity contribution in [3.63, 3.8) is 0 Å². The standard InChI is InChI=1S/C13H10BrClFNO3S/c14-10-6-8(21(17,18)19)4-5-13(10)20-7-9-11(15)2-1-3-12(9)16/h1-6H,7H2,(H2,17,18,19). The van der Waals surface area contributed by atoms with E-state index in [9.17, 15) is 12.8 Å². The van der Waals surface area contributed by atoms with Crippen LogP contribution in [-0.4, -0.2) is 8.42 Å². The lowest BCUT2D eigenvalue weighted by Crippen LogP contribution is -2.12. The van der Waals surface area contributed by atoms with Gasteiger partial charge in [-0.15, -0.1) is 0 Å². The van der Waals surface area contributed by atoms with Crippen LogP contribution in [0.2, 0.25) is 5.02 Å². The molecule has 0 fully saturated rings. The lowest BCUT2D eigenvalue weighted by molar-refractivity contribution is 0.298. The average Bonchev–Trinajstić information content (AvgIpc) is 2.38. The van der Waals surface area contributed by atoms with Crippen molar-refractivity contribution in [1.82, 2.24) is 0 Å². The Morgan fingerprint density at radius 3 is 2.57 bits per heavy atom. The van der Waals surface area contributed by atoms with Crippen LogP contribution in [0.5, 0.6) is 5.75 Å². The van der Waals surface area contributed by atoms with Crippen LogP contribution in [0.1, 0.15) is 5.56 Å². The molecule has 0 amide bonds. The van der Waals surface area contributed by atoms with Crippen molar-refractivity contribution in [3.8, 4) is 5.75 Å². The molecular formula is C13H10BrClFNO3S. The molecule has 0 aliphatic heterocycles. The van der Waals surface area contributed by atoms with E-state index in [1.165, 1.54) is 30.3 Å². The summed E-state index contributed by atoms with van der Waals surface area (Å²) in [5, 5.41) is 5.28. The number of hydrogen-bond acceptors (Lipinski definition) is 3. The van der Waals surface area contributed by atoms with Gasteiger partial charge in [0.2, 0.25) is 10.0 Å². The van der Waals surface area contributed by atoms with Crippen LogP contribution in [0.4, 0.5) is 4.39 Å². The second-order valence-electron chi connectivity index (χ2n) is 4.13. The molecule has 0 unspecified atom stereocenters. The molecule has 0 saturated heterocycles. The fourth-order valence-electron chi connectivity index (χ4n) is 1.60. The summed E-state index contributed by atoms with van der Waals surface area (Å²) in [5.74, 6) is -0.124. The number of hydrogen-bond donors (Lipinski definition) is 1. The molecule has 21 heavy (non-hydrogen) atoms. The molecule has 0 bridgehead atoms. The van der Waals surface area contributed by atoms with Crippen molar-refractivity contribution >= 4 is 37.6 Å². The summed E-state index contributed by atoms with van der Waals surface area (Å²) in [6.07, 6.45) is 0. The number of benzene rings is 2. The number of nitrogens with two attached hydrogens (primary N) is 1. The number of primary sulfonamides is 1. The van der Waals surface area contributed by atoms with Crippen LogP contribution in [0.15, 0.2) is 45.8 Å². The Morgan fingerprint density at radius 2 is 2.00 bits per heavy atom. The maximum absolute atomic E-state index is 13.6. The van der Waals surface area contributed by atoms with Crippen LogP contribution < -0.4 is 9.88 Å². The van der Waals surface area contributed by atoms with Crippen molar-refractivity contribution in [2.75, 3.05) is 0 Å². The summed E-state index contributed by atoms with van der Waals surface area (Å²) in [5.41, 5.74) is 0.224. The Kier molecular flexibility index (Phi) is 4.88. The molecule has 0 radical (unpaired) electrons. The van der Waals surface area contributed by atoms with E-state index in [2.05, 4.69) is 15.9 Å². The Balaban J connectivity index is 2.22. The van der Waals surface area contributed by atoms with Gasteiger partial charge in [0.05, 0.1) is 14.4 Å². The predicted molar refractivity (Wildman–Crippen MR) is 81.3 cm³/mol. The van der Waals surface area contributed by atoms with Crippen LogP contribution in [0.25, 0.3) is 0 Å². The van der Waals surface area contributed by atoms with Crippen LogP contribution in [0, 0.1) is 5.82 Å². The van der Waals surface area contributed by atoms with E-state index in [1.807, 2.05) is 0 Å². The highest BCUT2D eigenvalue weighted by Gasteiger charge is 2.12.